The van der Waals surface area contributed by atoms with Gasteiger partial charge in [0.05, 0.1) is 0 Å². The van der Waals surface area contributed by atoms with Crippen LogP contribution in [0.4, 0.5) is 5.69 Å². The van der Waals surface area contributed by atoms with Crippen LogP contribution in [-0.4, -0.2) is 0 Å². The highest BCUT2D eigenvalue weighted by Crippen LogP contribution is 2.26. The Morgan fingerprint density at radius 2 is 0.765 bits per heavy atom. The van der Waals surface area contributed by atoms with Crippen LogP contribution >= 0.6 is 38.5 Å². The van der Waals surface area contributed by atoms with Gasteiger partial charge in [-0.2, -0.15) is 0 Å². The van der Waals surface area contributed by atoms with E-state index in [1.807, 2.05) is 42.5 Å². The number of aryl methyl sites for hydroxylation is 6. The second-order valence-electron chi connectivity index (χ2n) is 12.7. The lowest BCUT2D eigenvalue weighted by atomic mass is 9.99. The molecule has 258 valence electrons. The van der Waals surface area contributed by atoms with Gasteiger partial charge in [-0.3, -0.25) is 0 Å². The molecule has 0 aliphatic carbocycles. The van der Waals surface area contributed by atoms with Crippen molar-refractivity contribution in [3.8, 4) is 33.4 Å². The molecule has 0 aliphatic heterocycles. The first kappa shape index (κ1) is 39.3. The van der Waals surface area contributed by atoms with Crippen LogP contribution in [0.25, 0.3) is 33.4 Å². The number of hydrogen-bond acceptors (Lipinski definition) is 1. The molecule has 51 heavy (non-hydrogen) atoms. The molecule has 0 radical (unpaired) electrons. The minimum Gasteiger partial charge on any atom is -0.399 e. The topological polar surface area (TPSA) is 26.0 Å². The number of hydrogen-bond donors (Lipinski definition) is 1. The van der Waals surface area contributed by atoms with Crippen molar-refractivity contribution in [2.45, 2.75) is 41.5 Å². The van der Waals surface area contributed by atoms with Gasteiger partial charge in [0.15, 0.2) is 0 Å². The zero-order valence-corrected chi connectivity index (χ0v) is 34.2. The van der Waals surface area contributed by atoms with Crippen molar-refractivity contribution in [3.63, 3.8) is 0 Å². The number of rotatable bonds is 3. The van der Waals surface area contributed by atoms with E-state index in [1.54, 1.807) is 0 Å². The average molecular weight is 845 g/mol. The lowest BCUT2D eigenvalue weighted by molar-refractivity contribution is 1.36. The highest BCUT2D eigenvalue weighted by atomic mass is 127. The first-order valence-electron chi connectivity index (χ1n) is 17.1. The first-order valence-corrected chi connectivity index (χ1v) is 19.0. The van der Waals surface area contributed by atoms with Crippen LogP contribution in [0.1, 0.15) is 33.4 Å². The maximum atomic E-state index is 5.71. The molecule has 0 amide bonds. The van der Waals surface area contributed by atoms with E-state index in [0.29, 0.717) is 0 Å². The monoisotopic (exact) mass is 843 g/mol. The summed E-state index contributed by atoms with van der Waals surface area (Å²) in [6.07, 6.45) is 0. The molecule has 1 nitrogen and oxygen atoms in total. The zero-order chi connectivity index (χ0) is 36.8. The van der Waals surface area contributed by atoms with Gasteiger partial charge in [0.25, 0.3) is 0 Å². The van der Waals surface area contributed by atoms with Crippen molar-refractivity contribution >= 4 is 44.2 Å². The first-order chi connectivity index (χ1) is 24.5. The molecule has 0 saturated carbocycles. The summed E-state index contributed by atoms with van der Waals surface area (Å²) < 4.78 is 2.48. The van der Waals surface area contributed by atoms with E-state index < -0.39 is 0 Å². The van der Waals surface area contributed by atoms with Crippen LogP contribution < -0.4 is 5.73 Å². The van der Waals surface area contributed by atoms with Crippen molar-refractivity contribution in [2.75, 3.05) is 5.73 Å². The van der Waals surface area contributed by atoms with Crippen LogP contribution in [0.15, 0.2) is 168 Å². The molecule has 7 aromatic rings. The Kier molecular flexibility index (Phi) is 15.3. The Morgan fingerprint density at radius 1 is 0.392 bits per heavy atom. The molecular formula is C48H47BrIN. The highest BCUT2D eigenvalue weighted by Gasteiger charge is 2.02. The zero-order valence-electron chi connectivity index (χ0n) is 30.4. The summed E-state index contributed by atoms with van der Waals surface area (Å²) in [5.41, 5.74) is 22.1. The lowest BCUT2D eigenvalue weighted by Gasteiger charge is -2.06. The van der Waals surface area contributed by atoms with Gasteiger partial charge in [0.1, 0.15) is 0 Å². The Morgan fingerprint density at radius 3 is 1.16 bits per heavy atom. The molecule has 7 rings (SSSR count). The third-order valence-corrected chi connectivity index (χ3v) is 9.95. The molecule has 0 fully saturated rings. The third kappa shape index (κ3) is 12.4. The molecule has 0 bridgehead atoms. The van der Waals surface area contributed by atoms with Crippen LogP contribution in [0.2, 0.25) is 0 Å². The quantitative estimate of drug-likeness (QED) is 0.139. The molecule has 0 saturated heterocycles. The number of nitrogen functional groups attached to an aromatic ring is 1. The largest absolute Gasteiger partial charge is 0.399 e. The van der Waals surface area contributed by atoms with Gasteiger partial charge in [0.2, 0.25) is 0 Å². The molecule has 3 heteroatoms. The Hall–Kier alpha value is -4.45. The van der Waals surface area contributed by atoms with E-state index in [9.17, 15) is 0 Å². The minimum atomic E-state index is 0.821. The number of benzene rings is 7. The molecule has 7 aromatic carbocycles. The van der Waals surface area contributed by atoms with Crippen molar-refractivity contribution < 1.29 is 0 Å². The summed E-state index contributed by atoms with van der Waals surface area (Å²) in [6, 6.07) is 56.8. The lowest BCUT2D eigenvalue weighted by Crippen LogP contribution is -1.88. The summed E-state index contributed by atoms with van der Waals surface area (Å²) in [7, 11) is 0. The van der Waals surface area contributed by atoms with Crippen LogP contribution in [0.5, 0.6) is 0 Å². The molecular weight excluding hydrogens is 797 g/mol. The van der Waals surface area contributed by atoms with Crippen molar-refractivity contribution in [1.29, 1.82) is 0 Å². The summed E-state index contributed by atoms with van der Waals surface area (Å²) in [5, 5.41) is 0. The summed E-state index contributed by atoms with van der Waals surface area (Å²) in [5.74, 6) is 0. The number of nitrogens with two attached hydrogens (primary N) is 1. The minimum absolute atomic E-state index is 0.821. The molecule has 0 aromatic heterocycles. The molecule has 0 aliphatic rings. The molecule has 0 atom stereocenters. The molecule has 0 spiro atoms. The number of halogens is 2. The highest BCUT2D eigenvalue weighted by molar-refractivity contribution is 14.1. The van der Waals surface area contributed by atoms with E-state index in [-0.39, 0.29) is 0 Å². The van der Waals surface area contributed by atoms with Crippen molar-refractivity contribution in [3.05, 3.63) is 205 Å². The van der Waals surface area contributed by atoms with Gasteiger partial charge < -0.3 is 5.73 Å². The summed E-state index contributed by atoms with van der Waals surface area (Å²) in [4.78, 5) is 0. The maximum absolute atomic E-state index is 5.71. The van der Waals surface area contributed by atoms with Crippen molar-refractivity contribution in [2.24, 2.45) is 0 Å². The Balaban J connectivity index is 0.000000154. The van der Waals surface area contributed by atoms with Crippen LogP contribution in [-0.2, 0) is 0 Å². The van der Waals surface area contributed by atoms with Gasteiger partial charge in [0, 0.05) is 13.7 Å². The van der Waals surface area contributed by atoms with E-state index in [1.165, 1.54) is 74.8 Å². The van der Waals surface area contributed by atoms with Gasteiger partial charge >= 0.3 is 0 Å². The molecule has 2 N–H and O–H groups in total. The Bertz CT molecular complexity index is 1920. The second-order valence-corrected chi connectivity index (χ2v) is 14.8. The third-order valence-electron chi connectivity index (χ3n) is 8.39. The van der Waals surface area contributed by atoms with E-state index in [4.69, 9.17) is 5.73 Å². The van der Waals surface area contributed by atoms with Crippen LogP contribution in [0, 0.1) is 45.1 Å². The van der Waals surface area contributed by atoms with Gasteiger partial charge in [-0.25, -0.2) is 0 Å². The average Bonchev–Trinajstić information content (AvgIpc) is 3.12. The summed E-state index contributed by atoms with van der Waals surface area (Å²) >= 11 is 5.77. The maximum Gasteiger partial charge on any atom is 0.0317 e. The van der Waals surface area contributed by atoms with Crippen molar-refractivity contribution in [1.82, 2.24) is 0 Å². The fourth-order valence-electron chi connectivity index (χ4n) is 5.75. The smallest absolute Gasteiger partial charge is 0.0317 e. The second kappa shape index (κ2) is 19.8. The van der Waals surface area contributed by atoms with Crippen LogP contribution in [0.3, 0.4) is 0 Å². The predicted molar refractivity (Wildman–Crippen MR) is 235 cm³/mol. The van der Waals surface area contributed by atoms with E-state index in [0.717, 1.165) is 5.69 Å². The standard InChI is InChI=1S/C14H14.C13H11I.C13H13N.C8H9Br/c1-11-8-9-14(12(2)10-11)13-6-4-3-5-7-13;2*1-10-9-12(14)7-8-13(10)11-5-3-2-4-6-11;1-6-3-4-8(9)7(2)5-6/h3-10H,1-2H3;2-9H,1H3;2-9H,14H2,1H3;3-5H,1-2H3. The fourth-order valence-corrected chi connectivity index (χ4v) is 6.64. The van der Waals surface area contributed by atoms with Gasteiger partial charge in [-0.15, -0.1) is 0 Å². The van der Waals surface area contributed by atoms with E-state index in [2.05, 4.69) is 201 Å². The molecule has 0 unspecified atom stereocenters. The number of anilines is 1. The molecule has 0 heterocycles. The normalized spacial score (nSPS) is 10.0. The Labute approximate surface area is 327 Å². The van der Waals surface area contributed by atoms with Gasteiger partial charge in [-0.1, -0.05) is 161 Å². The SMILES string of the molecule is Cc1cc(I)ccc1-c1ccccc1.Cc1cc(N)ccc1-c1ccccc1.Cc1ccc(-c2ccccc2)c(C)c1.Cc1ccc(Br)c(C)c1. The summed E-state index contributed by atoms with van der Waals surface area (Å²) in [6.45, 7) is 12.7. The fraction of sp³-hybridized carbons (Fsp3) is 0.125. The van der Waals surface area contributed by atoms with Gasteiger partial charge in [-0.05, 0) is 150 Å². The van der Waals surface area contributed by atoms with E-state index >= 15 is 0 Å². The predicted octanol–water partition coefficient (Wildman–Crippen LogP) is 14.5.